The van der Waals surface area contributed by atoms with Crippen molar-refractivity contribution in [1.82, 2.24) is 20.1 Å². The summed E-state index contributed by atoms with van der Waals surface area (Å²) in [7, 11) is 1.87. The lowest BCUT2D eigenvalue weighted by molar-refractivity contribution is 0.289. The zero-order chi connectivity index (χ0) is 14.7. The fourth-order valence-corrected chi connectivity index (χ4v) is 2.58. The number of rotatable bonds is 4. The number of nitrogens with one attached hydrogen (secondary N) is 1. The van der Waals surface area contributed by atoms with Gasteiger partial charge in [0.1, 0.15) is 18.7 Å². The lowest BCUT2D eigenvalue weighted by atomic mass is 10.1. The van der Waals surface area contributed by atoms with Crippen molar-refractivity contribution in [3.8, 4) is 5.75 Å². The van der Waals surface area contributed by atoms with Gasteiger partial charge >= 0.3 is 0 Å². The fourth-order valence-electron chi connectivity index (χ4n) is 2.58. The number of aromatic nitrogens is 3. The summed E-state index contributed by atoms with van der Waals surface area (Å²) in [5, 5.41) is 7.41. The summed E-state index contributed by atoms with van der Waals surface area (Å²) < 4.78 is 7.52. The zero-order valence-electron chi connectivity index (χ0n) is 12.5. The van der Waals surface area contributed by atoms with Gasteiger partial charge in [-0.2, -0.15) is 5.10 Å². The van der Waals surface area contributed by atoms with Crippen LogP contribution in [-0.2, 0) is 13.7 Å². The lowest BCUT2D eigenvalue weighted by Gasteiger charge is -2.30. The molecule has 0 atom stereocenters. The zero-order valence-corrected chi connectivity index (χ0v) is 12.5. The molecule has 1 saturated heterocycles. The second-order valence-electron chi connectivity index (χ2n) is 5.27. The summed E-state index contributed by atoms with van der Waals surface area (Å²) in [5.41, 5.74) is 2.54. The van der Waals surface area contributed by atoms with Crippen LogP contribution in [0.4, 0.5) is 5.69 Å². The van der Waals surface area contributed by atoms with E-state index < -0.39 is 0 Å². The second-order valence-corrected chi connectivity index (χ2v) is 5.27. The highest BCUT2D eigenvalue weighted by molar-refractivity contribution is 5.56. The number of hydrogen-bond acceptors (Lipinski definition) is 5. The Bertz CT molecular complexity index is 604. The molecule has 112 valence electrons. The third-order valence-corrected chi connectivity index (χ3v) is 3.80. The predicted molar refractivity (Wildman–Crippen MR) is 81.6 cm³/mol. The smallest absolute Gasteiger partial charge is 0.164 e. The maximum atomic E-state index is 5.80. The number of anilines is 1. The number of aryl methyl sites for hydroxylation is 2. The predicted octanol–water partition coefficient (Wildman–Crippen LogP) is 1.11. The molecule has 1 fully saturated rings. The number of hydrogen-bond donors (Lipinski definition) is 1. The van der Waals surface area contributed by atoms with Gasteiger partial charge in [0.05, 0.1) is 0 Å². The Labute approximate surface area is 124 Å². The molecule has 1 N–H and O–H groups in total. The van der Waals surface area contributed by atoms with Gasteiger partial charge in [-0.1, -0.05) is 0 Å². The molecule has 2 aromatic rings. The molecule has 0 aliphatic carbocycles. The Morgan fingerprint density at radius 2 is 2.10 bits per heavy atom. The first-order valence-electron chi connectivity index (χ1n) is 7.26. The Morgan fingerprint density at radius 1 is 1.29 bits per heavy atom. The van der Waals surface area contributed by atoms with Crippen molar-refractivity contribution in [2.75, 3.05) is 31.1 Å². The largest absolute Gasteiger partial charge is 0.486 e. The Balaban J connectivity index is 1.67. The molecule has 0 radical (unpaired) electrons. The number of ether oxygens (including phenoxy) is 1. The molecule has 0 bridgehead atoms. The van der Waals surface area contributed by atoms with Crippen molar-refractivity contribution in [3.63, 3.8) is 0 Å². The summed E-state index contributed by atoms with van der Waals surface area (Å²) in [6.45, 7) is 6.77. The third kappa shape index (κ3) is 3.16. The number of benzene rings is 1. The first-order chi connectivity index (χ1) is 10.2. The van der Waals surface area contributed by atoms with Gasteiger partial charge in [0.2, 0.25) is 0 Å². The molecule has 2 heterocycles. The lowest BCUT2D eigenvalue weighted by Crippen LogP contribution is -2.43. The molecule has 6 heteroatoms. The molecule has 6 nitrogen and oxygen atoms in total. The van der Waals surface area contributed by atoms with E-state index in [0.29, 0.717) is 6.61 Å². The third-order valence-electron chi connectivity index (χ3n) is 3.80. The monoisotopic (exact) mass is 287 g/mol. The van der Waals surface area contributed by atoms with Gasteiger partial charge in [-0.15, -0.1) is 0 Å². The van der Waals surface area contributed by atoms with Gasteiger partial charge < -0.3 is 15.0 Å². The average Bonchev–Trinajstić information content (AvgIpc) is 2.91. The molecule has 1 aliphatic rings. The number of nitrogens with zero attached hydrogens (tertiary/aromatic N) is 4. The van der Waals surface area contributed by atoms with Crippen LogP contribution in [0.25, 0.3) is 0 Å². The van der Waals surface area contributed by atoms with Crippen molar-refractivity contribution >= 4 is 5.69 Å². The Morgan fingerprint density at radius 3 is 2.76 bits per heavy atom. The first-order valence-corrected chi connectivity index (χ1v) is 7.26. The normalized spacial score (nSPS) is 15.2. The molecule has 21 heavy (non-hydrogen) atoms. The summed E-state index contributed by atoms with van der Waals surface area (Å²) >= 11 is 0. The van der Waals surface area contributed by atoms with E-state index in [1.54, 1.807) is 4.68 Å². The van der Waals surface area contributed by atoms with E-state index in [2.05, 4.69) is 39.4 Å². The quantitative estimate of drug-likeness (QED) is 0.913. The van der Waals surface area contributed by atoms with E-state index in [4.69, 9.17) is 4.74 Å². The summed E-state index contributed by atoms with van der Waals surface area (Å²) in [6, 6.07) is 6.27. The van der Waals surface area contributed by atoms with Crippen LogP contribution in [0.1, 0.15) is 11.4 Å². The highest BCUT2D eigenvalue weighted by Crippen LogP contribution is 2.25. The average molecular weight is 287 g/mol. The Hall–Kier alpha value is -2.08. The van der Waals surface area contributed by atoms with Crippen LogP contribution >= 0.6 is 0 Å². The van der Waals surface area contributed by atoms with E-state index in [-0.39, 0.29) is 0 Å². The van der Waals surface area contributed by atoms with Gasteiger partial charge in [-0.05, 0) is 30.7 Å². The van der Waals surface area contributed by atoms with Crippen LogP contribution in [0, 0.1) is 6.92 Å². The van der Waals surface area contributed by atoms with Crippen molar-refractivity contribution in [2.24, 2.45) is 7.05 Å². The standard InChI is InChI=1S/C15H21N5O/c1-12-9-13(21-10-15-17-11-18-19(15)2)3-4-14(12)20-7-5-16-6-8-20/h3-4,9,11,16H,5-8,10H2,1-2H3. The molecule has 3 rings (SSSR count). The summed E-state index contributed by atoms with van der Waals surface area (Å²) in [6.07, 6.45) is 1.54. The van der Waals surface area contributed by atoms with Gasteiger partial charge in [-0.3, -0.25) is 4.68 Å². The first kappa shape index (κ1) is 13.9. The highest BCUT2D eigenvalue weighted by atomic mass is 16.5. The van der Waals surface area contributed by atoms with Crippen molar-refractivity contribution in [1.29, 1.82) is 0 Å². The molecule has 0 saturated carbocycles. The van der Waals surface area contributed by atoms with E-state index in [0.717, 1.165) is 37.8 Å². The van der Waals surface area contributed by atoms with Crippen LogP contribution in [0.3, 0.4) is 0 Å². The molecule has 0 amide bonds. The van der Waals surface area contributed by atoms with E-state index in [1.165, 1.54) is 17.6 Å². The SMILES string of the molecule is Cc1cc(OCc2ncnn2C)ccc1N1CCNCC1. The van der Waals surface area contributed by atoms with E-state index in [9.17, 15) is 0 Å². The minimum absolute atomic E-state index is 0.433. The van der Waals surface area contributed by atoms with E-state index in [1.807, 2.05) is 13.1 Å². The molecular weight excluding hydrogens is 266 g/mol. The van der Waals surface area contributed by atoms with Crippen LogP contribution in [0.15, 0.2) is 24.5 Å². The summed E-state index contributed by atoms with van der Waals surface area (Å²) in [5.74, 6) is 1.69. The van der Waals surface area contributed by atoms with Gasteiger partial charge in [-0.25, -0.2) is 4.98 Å². The van der Waals surface area contributed by atoms with Crippen molar-refractivity contribution in [3.05, 3.63) is 35.9 Å². The van der Waals surface area contributed by atoms with E-state index >= 15 is 0 Å². The fraction of sp³-hybridized carbons (Fsp3) is 0.467. The number of piperazine rings is 1. The topological polar surface area (TPSA) is 55.2 Å². The molecule has 0 spiro atoms. The van der Waals surface area contributed by atoms with Crippen molar-refractivity contribution in [2.45, 2.75) is 13.5 Å². The van der Waals surface area contributed by atoms with Gasteiger partial charge in [0.15, 0.2) is 5.82 Å². The van der Waals surface area contributed by atoms with Crippen LogP contribution < -0.4 is 15.0 Å². The molecule has 1 aromatic carbocycles. The summed E-state index contributed by atoms with van der Waals surface area (Å²) in [4.78, 5) is 6.57. The maximum Gasteiger partial charge on any atom is 0.164 e. The van der Waals surface area contributed by atoms with Gasteiger partial charge in [0, 0.05) is 38.9 Å². The van der Waals surface area contributed by atoms with Crippen LogP contribution in [0.2, 0.25) is 0 Å². The molecule has 1 aromatic heterocycles. The maximum absolute atomic E-state index is 5.80. The Kier molecular flexibility index (Phi) is 4.06. The minimum Gasteiger partial charge on any atom is -0.486 e. The molecule has 1 aliphatic heterocycles. The second kappa shape index (κ2) is 6.13. The van der Waals surface area contributed by atoms with Gasteiger partial charge in [0.25, 0.3) is 0 Å². The van der Waals surface area contributed by atoms with Crippen molar-refractivity contribution < 1.29 is 4.74 Å². The van der Waals surface area contributed by atoms with Crippen LogP contribution in [-0.4, -0.2) is 40.9 Å². The van der Waals surface area contributed by atoms with Crippen LogP contribution in [0.5, 0.6) is 5.75 Å². The molecular formula is C15H21N5O. The minimum atomic E-state index is 0.433. The highest BCUT2D eigenvalue weighted by Gasteiger charge is 2.13. The molecule has 0 unspecified atom stereocenters.